The molecule has 6 saturated heterocycles. The van der Waals surface area contributed by atoms with E-state index in [1.54, 1.807) is 45.9 Å². The van der Waals surface area contributed by atoms with Crippen molar-refractivity contribution in [2.75, 3.05) is 131 Å². The highest BCUT2D eigenvalue weighted by Crippen LogP contribution is 2.49. The normalized spacial score (nSPS) is 33.9. The molecule has 12 aliphatic heterocycles. The van der Waals surface area contributed by atoms with Gasteiger partial charge in [0.25, 0.3) is 0 Å². The average molecular weight is 2050 g/mol. The first kappa shape index (κ1) is 111. The molecule has 6 unspecified atom stereocenters. The predicted molar refractivity (Wildman–Crippen MR) is 543 cm³/mol. The summed E-state index contributed by atoms with van der Waals surface area (Å²) in [5, 5.41) is 114. The zero-order chi connectivity index (χ0) is 98.0. The highest BCUT2D eigenvalue weighted by Gasteiger charge is 2.56. The molecular formula is C89H147IN12O22P6. The molecule has 0 aromatic rings. The van der Waals surface area contributed by atoms with Gasteiger partial charge in [-0.3, -0.25) is 0 Å². The second-order valence-electron chi connectivity index (χ2n) is 39.3. The number of urea groups is 6. The first-order valence-electron chi connectivity index (χ1n) is 42.9. The van der Waals surface area contributed by atoms with Crippen LogP contribution in [0.15, 0.2) is 144 Å². The van der Waals surface area contributed by atoms with Crippen molar-refractivity contribution in [3.05, 3.63) is 144 Å². The molecule has 0 spiro atoms. The third kappa shape index (κ3) is 31.2. The summed E-state index contributed by atoms with van der Waals surface area (Å²) >= 11 is 2.21. The highest BCUT2D eigenvalue weighted by molar-refractivity contribution is 14.1. The molecule has 41 heteroatoms. The summed E-state index contributed by atoms with van der Waals surface area (Å²) in [7, 11) is 3.09. The molecule has 12 amide bonds. The number of amides is 12. The van der Waals surface area contributed by atoms with E-state index in [4.69, 9.17) is 37.9 Å². The summed E-state index contributed by atoms with van der Waals surface area (Å²) < 4.78 is 46.8. The van der Waals surface area contributed by atoms with Gasteiger partial charge in [-0.25, -0.2) is 28.8 Å². The number of halogens is 1. The van der Waals surface area contributed by atoms with Gasteiger partial charge in [-0.05, 0) is 169 Å². The molecule has 130 heavy (non-hydrogen) atoms. The smallest absolute Gasteiger partial charge is 0.323 e. The van der Waals surface area contributed by atoms with Gasteiger partial charge in [0, 0.05) is 125 Å². The SMILES string of the molecule is C=C1NC(=O)NC=C1C1O[C@H](CCP(=C)(C)C)[C@@H](O)[C@@]1(C)O.C=C1NC(=O)NC=C1C1O[C@H](CCP(=C)(C)C)[C@@H](O)[C@H]1C.C=C1NC(=O)NC=C1C1O[C@H](CCP(=C)(C)C)[C@@H](O)[C@H]1I.C=C1NC(=O)NC=C1C1O[C@H](CCP(=C)(C)C)[C@@H](O)[C@H]1OC.C=C1NC(=O)NC=C1C1O[C@H](CCP(=C)(C)C)[C@@H](O)[C@H]1OC.C=C1NC(=O)NC=C1C1O[C@](C)(CCP(=C)(C)C)[C@@H](O)[C@H]1O. The Morgan fingerprint density at radius 2 is 0.623 bits per heavy atom. The first-order valence-corrected chi connectivity index (χ1v) is 62.4. The maximum Gasteiger partial charge on any atom is 0.323 e. The van der Waals surface area contributed by atoms with Crippen molar-refractivity contribution in [3.8, 4) is 0 Å². The van der Waals surface area contributed by atoms with Crippen LogP contribution in [-0.2, 0) is 37.9 Å². The largest absolute Gasteiger partial charge is 0.390 e. The van der Waals surface area contributed by atoms with Crippen LogP contribution in [0.25, 0.3) is 0 Å². The van der Waals surface area contributed by atoms with Gasteiger partial charge in [-0.2, -0.15) is 0 Å². The van der Waals surface area contributed by atoms with Crippen LogP contribution < -0.4 is 63.8 Å². The van der Waals surface area contributed by atoms with Crippen LogP contribution in [0.1, 0.15) is 59.3 Å². The van der Waals surface area contributed by atoms with Gasteiger partial charge in [-0.1, -0.05) is 69.0 Å². The Bertz CT molecular complexity index is 4510. The lowest BCUT2D eigenvalue weighted by Gasteiger charge is -2.30. The summed E-state index contributed by atoms with van der Waals surface area (Å²) in [5.41, 5.74) is 4.49. The monoisotopic (exact) mass is 2050 g/mol. The average Bonchev–Trinajstić information content (AvgIpc) is 1.62. The molecule has 0 saturated carbocycles. The summed E-state index contributed by atoms with van der Waals surface area (Å²) in [4.78, 5) is 67.5. The van der Waals surface area contributed by atoms with Crippen LogP contribution in [0.3, 0.4) is 0 Å². The van der Waals surface area contributed by atoms with E-state index in [1.165, 1.54) is 19.3 Å². The quantitative estimate of drug-likeness (QED) is 0.0249. The van der Waals surface area contributed by atoms with E-state index in [1.807, 2.05) is 6.92 Å². The number of carbonyl (C=O) groups is 6. The molecule has 34 nitrogen and oxygen atoms in total. The highest BCUT2D eigenvalue weighted by atomic mass is 127. The Hall–Kier alpha value is -5.61. The number of alkyl halides is 1. The van der Waals surface area contributed by atoms with E-state index < -0.39 is 138 Å². The number of nitrogens with one attached hydrogen (secondary N) is 12. The lowest BCUT2D eigenvalue weighted by Crippen LogP contribution is -2.49. The fourth-order valence-corrected chi connectivity index (χ4v) is 22.7. The molecule has 0 aliphatic carbocycles. The number of hydrogen-bond donors (Lipinski definition) is 20. The van der Waals surface area contributed by atoms with Crippen molar-refractivity contribution >= 4 is 138 Å². The minimum absolute atomic E-state index is 0.0407. The van der Waals surface area contributed by atoms with Crippen LogP contribution >= 0.6 is 63.9 Å². The van der Waals surface area contributed by atoms with E-state index in [0.29, 0.717) is 69.3 Å². The molecule has 6 fully saturated rings. The minimum Gasteiger partial charge on any atom is -0.390 e. The molecule has 0 bridgehead atoms. The third-order valence-electron chi connectivity index (χ3n) is 23.7. The summed E-state index contributed by atoms with van der Waals surface area (Å²) in [5.74, 6) is -0.0407. The number of aliphatic hydroxyl groups excluding tert-OH is 7. The van der Waals surface area contributed by atoms with Crippen molar-refractivity contribution in [2.45, 2.75) is 197 Å². The predicted octanol–water partition coefficient (Wildman–Crippen LogP) is 6.52. The lowest BCUT2D eigenvalue weighted by molar-refractivity contribution is -0.0634. The molecule has 732 valence electrons. The Balaban J connectivity index is 0.000000213. The van der Waals surface area contributed by atoms with E-state index in [-0.39, 0.29) is 82.7 Å². The van der Waals surface area contributed by atoms with Crippen LogP contribution in [0.4, 0.5) is 28.8 Å². The summed E-state index contributed by atoms with van der Waals surface area (Å²) in [6, 6.07) is -2.02. The van der Waals surface area contributed by atoms with Crippen molar-refractivity contribution in [3.63, 3.8) is 0 Å². The van der Waals surface area contributed by atoms with Gasteiger partial charge in [-0.15, -0.1) is 79.1 Å². The molecule has 24 atom stereocenters. The van der Waals surface area contributed by atoms with Crippen molar-refractivity contribution in [1.29, 1.82) is 0 Å². The van der Waals surface area contributed by atoms with Gasteiger partial charge in [0.1, 0.15) is 78.8 Å². The standard InChI is InChI=1S/4C15H25N2O4P.C15H25N2O3P.C14H22IN2O3P/c1-9-10(8-16-14(20)17-9)12-11(18)13(19)15(2,21-12)6-7-22(3,4)5;1-9-10(8-16-14(19)17-9)13-15(2,20)12(18)11(21-13)6-7-22(3,4)5;2*1-9-10(8-16-15(19)17-9)13-14(20-2)12(18)11(21-13)6-7-22(3,4)5;1-9-13(18)12(6-7-21(3,4)5)20-14(9)11-8-16-15(19)17-10(11)2;1-8-9(7-16-14(19)17-8)13-11(15)12(18)10(20-13)5-6-21(2,3)4/h8,11-13,18-19H,1,3,6-7H2,2,4-5H3,(H2,16,17,20);8,11-13,18,20H,1,3,6-7H2,2,4-5H3,(H2,16,17,19);2*8,11-14,18H,1,3,6-7H2,2,4-5H3,(H2,16,17,19);8-9,12-14,18H,2-3,6-7H2,1,4-5H3,(H2,16,17,19);7,10-13,18H,1-2,5-6H2,3-4H3,(H2,16,17,19)/t11-,12?,13-,15+;11-,12-,13?,15-;2*11-,12-,13?,14-;9-,12-,13+,14?;10-,11-,12-,13?/m011111/s1. The molecule has 0 aromatic heterocycles. The van der Waals surface area contributed by atoms with E-state index in [9.17, 15) is 69.6 Å². The second kappa shape index (κ2) is 46.0. The Morgan fingerprint density at radius 3 is 0.931 bits per heavy atom. The van der Waals surface area contributed by atoms with E-state index >= 15 is 0 Å². The van der Waals surface area contributed by atoms with Gasteiger partial charge < -0.3 is 143 Å². The minimum atomic E-state index is -1.45. The van der Waals surface area contributed by atoms with Crippen LogP contribution in [0, 0.1) is 5.92 Å². The van der Waals surface area contributed by atoms with Crippen LogP contribution in [-0.4, -0.2) is 383 Å². The summed E-state index contributed by atoms with van der Waals surface area (Å²) in [6.45, 7) is 46.9. The topological polar surface area (TPSA) is 482 Å². The summed E-state index contributed by atoms with van der Waals surface area (Å²) in [6.07, 6.45) is 33.4. The van der Waals surface area contributed by atoms with Crippen LogP contribution in [0.5, 0.6) is 0 Å². The number of carbonyl (C=O) groups excluding carboxylic acids is 6. The Morgan fingerprint density at radius 1 is 0.362 bits per heavy atom. The number of ether oxygens (including phenoxy) is 8. The van der Waals surface area contributed by atoms with Crippen LogP contribution in [0.2, 0.25) is 0 Å². The number of rotatable bonds is 26. The Labute approximate surface area is 782 Å². The fraction of sp³-hybridized carbons (Fsp3) is 0.596. The van der Waals surface area contributed by atoms with Crippen molar-refractivity contribution in [2.24, 2.45) is 5.92 Å². The van der Waals surface area contributed by atoms with Gasteiger partial charge >= 0.3 is 36.2 Å². The third-order valence-corrected chi connectivity index (χ3v) is 33.8. The number of aliphatic hydroxyl groups is 8. The zero-order valence-electron chi connectivity index (χ0n) is 78.5. The van der Waals surface area contributed by atoms with Gasteiger partial charge in [0.2, 0.25) is 0 Å². The molecule has 12 rings (SSSR count). The molecule has 0 aromatic carbocycles. The second-order valence-corrected chi connectivity index (χ2v) is 66.6. The van der Waals surface area contributed by atoms with Crippen molar-refractivity contribution < 1.29 is 108 Å². The van der Waals surface area contributed by atoms with Crippen molar-refractivity contribution in [1.82, 2.24) is 63.8 Å². The molecular weight excluding hydrogens is 1900 g/mol. The zero-order valence-corrected chi connectivity index (χ0v) is 86.0. The van der Waals surface area contributed by atoms with E-state index in [0.717, 1.165) is 73.8 Å². The molecule has 0 radical (unpaired) electrons. The lowest BCUT2D eigenvalue weighted by atomic mass is 9.87. The number of methoxy groups -OCH3 is 2. The number of hydrogen-bond acceptors (Lipinski definition) is 22. The Kier molecular flexibility index (Phi) is 39.4. The van der Waals surface area contributed by atoms with Gasteiger partial charge in [0.05, 0.1) is 58.4 Å². The van der Waals surface area contributed by atoms with Gasteiger partial charge in [0.15, 0.2) is 0 Å². The molecule has 12 aliphatic rings. The first-order chi connectivity index (χ1) is 59.9. The fourth-order valence-electron chi connectivity index (χ4n) is 15.9. The molecule has 12 heterocycles. The van der Waals surface area contributed by atoms with E-state index in [2.05, 4.69) is 244 Å². The maximum absolute atomic E-state index is 11.3. The molecule has 20 N–H and O–H groups in total. The maximum atomic E-state index is 11.3.